The fourth-order valence-corrected chi connectivity index (χ4v) is 5.01. The highest BCUT2D eigenvalue weighted by atomic mass is 35.5. The first-order valence-corrected chi connectivity index (χ1v) is 14.2. The molecule has 2 unspecified atom stereocenters. The van der Waals surface area contributed by atoms with Crippen molar-refractivity contribution < 1.29 is 14.0 Å². The Morgan fingerprint density at radius 3 is 2.21 bits per heavy atom. The van der Waals surface area contributed by atoms with Crippen molar-refractivity contribution in [2.24, 2.45) is 11.3 Å². The summed E-state index contributed by atoms with van der Waals surface area (Å²) in [4.78, 5) is 23.2. The molecule has 39 heavy (non-hydrogen) atoms. The molecule has 2 saturated heterocycles. The molecule has 0 bridgehead atoms. The number of halogens is 3. The Labute approximate surface area is 243 Å². The van der Waals surface area contributed by atoms with Gasteiger partial charge in [0, 0.05) is 42.2 Å². The first-order chi connectivity index (χ1) is 18.4. The van der Waals surface area contributed by atoms with E-state index in [0.29, 0.717) is 47.1 Å². The molecule has 2 fully saturated rings. The highest BCUT2D eigenvalue weighted by Crippen LogP contribution is 2.41. The molecule has 2 heterocycles. The first-order valence-electron chi connectivity index (χ1n) is 13.4. The molecular formula is C30H43Cl2FN4O2. The highest BCUT2D eigenvalue weighted by Gasteiger charge is 2.33. The number of benzene rings is 2. The van der Waals surface area contributed by atoms with Gasteiger partial charge in [-0.2, -0.15) is 0 Å². The minimum atomic E-state index is -0.383. The van der Waals surface area contributed by atoms with Crippen molar-refractivity contribution in [1.29, 1.82) is 0 Å². The maximum absolute atomic E-state index is 14.4. The Bertz CT molecular complexity index is 1050. The largest absolute Gasteiger partial charge is 0.358 e. The zero-order chi connectivity index (χ0) is 29.0. The smallest absolute Gasteiger partial charge is 0.211 e. The number of amides is 2. The summed E-state index contributed by atoms with van der Waals surface area (Å²) in [6.07, 6.45) is 3.85. The number of hydrogen-bond acceptors (Lipinski definition) is 4. The van der Waals surface area contributed by atoms with Gasteiger partial charge in [0.25, 0.3) is 0 Å². The van der Waals surface area contributed by atoms with Crippen molar-refractivity contribution in [2.75, 3.05) is 45.1 Å². The lowest BCUT2D eigenvalue weighted by Gasteiger charge is -2.28. The third-order valence-electron chi connectivity index (χ3n) is 6.55. The maximum Gasteiger partial charge on any atom is 0.211 e. The highest BCUT2D eigenvalue weighted by molar-refractivity contribution is 6.31. The fraction of sp³-hybridized carbons (Fsp3) is 0.533. The van der Waals surface area contributed by atoms with Crippen LogP contribution in [-0.4, -0.2) is 57.5 Å². The van der Waals surface area contributed by atoms with Crippen LogP contribution in [0.4, 0.5) is 10.1 Å². The third-order valence-corrected chi connectivity index (χ3v) is 7.08. The second-order valence-electron chi connectivity index (χ2n) is 11.8. The third kappa shape index (κ3) is 11.4. The van der Waals surface area contributed by atoms with E-state index >= 15 is 0 Å². The number of carbonyl (C=O) groups excluding carboxylic acids is 2. The van der Waals surface area contributed by atoms with E-state index in [2.05, 4.69) is 55.6 Å². The summed E-state index contributed by atoms with van der Waals surface area (Å²) in [5.41, 5.74) is 2.66. The predicted molar refractivity (Wildman–Crippen MR) is 160 cm³/mol. The van der Waals surface area contributed by atoms with Gasteiger partial charge in [-0.05, 0) is 73.6 Å². The molecular weight excluding hydrogens is 538 g/mol. The lowest BCUT2D eigenvalue weighted by molar-refractivity contribution is -0.109. The van der Waals surface area contributed by atoms with Gasteiger partial charge >= 0.3 is 0 Å². The summed E-state index contributed by atoms with van der Waals surface area (Å²) in [6, 6.07) is 10.4. The molecule has 2 aliphatic heterocycles. The van der Waals surface area contributed by atoms with Gasteiger partial charge in [-0.15, -0.1) is 0 Å². The van der Waals surface area contributed by atoms with Crippen molar-refractivity contribution >= 4 is 41.7 Å². The van der Waals surface area contributed by atoms with Crippen LogP contribution >= 0.6 is 23.2 Å². The number of nitrogens with zero attached hydrogens (tertiary/aromatic N) is 1. The quantitative estimate of drug-likeness (QED) is 0.336. The van der Waals surface area contributed by atoms with E-state index in [1.165, 1.54) is 25.9 Å². The Hall–Kier alpha value is -2.19. The summed E-state index contributed by atoms with van der Waals surface area (Å²) >= 11 is 11.9. The Morgan fingerprint density at radius 2 is 1.62 bits per heavy atom. The Balaban J connectivity index is 0.000000276. The molecule has 0 aromatic heterocycles. The van der Waals surface area contributed by atoms with Crippen LogP contribution in [0.25, 0.3) is 0 Å². The van der Waals surface area contributed by atoms with Crippen LogP contribution in [0, 0.1) is 17.2 Å². The molecule has 0 saturated carbocycles. The molecule has 216 valence electrons. The molecule has 2 amide bonds. The topological polar surface area (TPSA) is 73.5 Å². The summed E-state index contributed by atoms with van der Waals surface area (Å²) < 4.78 is 14.4. The predicted octanol–water partition coefficient (Wildman–Crippen LogP) is 6.30. The molecule has 0 spiro atoms. The van der Waals surface area contributed by atoms with Crippen LogP contribution in [-0.2, 0) is 9.59 Å². The average Bonchev–Trinajstić information content (AvgIpc) is 3.34. The first kappa shape index (κ1) is 33.0. The number of rotatable bonds is 7. The van der Waals surface area contributed by atoms with Crippen molar-refractivity contribution in [2.45, 2.75) is 52.4 Å². The van der Waals surface area contributed by atoms with E-state index in [9.17, 15) is 14.0 Å². The average molecular weight is 582 g/mol. The second-order valence-corrected chi connectivity index (χ2v) is 12.6. The lowest BCUT2D eigenvalue weighted by Crippen LogP contribution is -2.34. The molecule has 0 aliphatic carbocycles. The van der Waals surface area contributed by atoms with Crippen molar-refractivity contribution in [3.05, 3.63) is 63.4 Å². The van der Waals surface area contributed by atoms with Gasteiger partial charge in [-0.1, -0.05) is 69.1 Å². The van der Waals surface area contributed by atoms with E-state index in [0.717, 1.165) is 18.5 Å². The van der Waals surface area contributed by atoms with Gasteiger partial charge in [0.15, 0.2) is 0 Å². The summed E-state index contributed by atoms with van der Waals surface area (Å²) in [7, 11) is 2.14. The maximum atomic E-state index is 14.4. The number of likely N-dealkylation sites (tertiary alicyclic amines) is 1. The summed E-state index contributed by atoms with van der Waals surface area (Å²) in [6.45, 7) is 13.3. The van der Waals surface area contributed by atoms with Crippen LogP contribution in [0.3, 0.4) is 0 Å². The van der Waals surface area contributed by atoms with Gasteiger partial charge in [0.2, 0.25) is 12.8 Å². The van der Waals surface area contributed by atoms with Crippen molar-refractivity contribution in [3.8, 4) is 0 Å². The zero-order valence-corrected chi connectivity index (χ0v) is 25.2. The number of anilines is 1. The molecule has 0 radical (unpaired) electrons. The minimum absolute atomic E-state index is 0.0164. The van der Waals surface area contributed by atoms with Crippen LogP contribution < -0.4 is 16.0 Å². The second kappa shape index (κ2) is 16.2. The molecule has 4 rings (SSSR count). The van der Waals surface area contributed by atoms with Gasteiger partial charge < -0.3 is 20.9 Å². The number of hydrogen-bond donors (Lipinski definition) is 3. The van der Waals surface area contributed by atoms with Gasteiger partial charge in [0.1, 0.15) is 5.82 Å². The van der Waals surface area contributed by atoms with E-state index in [-0.39, 0.29) is 22.7 Å². The monoisotopic (exact) mass is 580 g/mol. The van der Waals surface area contributed by atoms with Crippen LogP contribution in [0.15, 0.2) is 36.4 Å². The van der Waals surface area contributed by atoms with E-state index in [4.69, 9.17) is 23.2 Å². The standard InChI is InChI=1S/C17H15Cl2FN2O.C8H16N2O.C5H12/c18-10-4-5-11(16(6-10)22-9-23)13-7-21-8-14(13)12-2-1-3-15(19)17(12)20;1-10-4-2-8(3-5-10)6-9-7-11;1-5(2,3)4/h1-6,9,13-14,21H,7-8H2,(H,22,23);7-8H,2-6H2,1H3,(H,9,11);1-4H3. The van der Waals surface area contributed by atoms with Gasteiger partial charge in [0.05, 0.1) is 5.02 Å². The van der Waals surface area contributed by atoms with E-state index < -0.39 is 0 Å². The molecule has 3 N–H and O–H groups in total. The lowest BCUT2D eigenvalue weighted by atomic mass is 9.83. The van der Waals surface area contributed by atoms with Crippen LogP contribution in [0.2, 0.25) is 10.0 Å². The van der Waals surface area contributed by atoms with E-state index in [1.807, 2.05) is 6.07 Å². The number of carbonyl (C=O) groups is 2. The molecule has 2 aliphatic rings. The SMILES string of the molecule is CC(C)(C)C.CN1CCC(CNC=O)CC1.O=CNc1cc(Cl)ccc1C1CNCC1c1cccc(Cl)c1F. The number of piperidine rings is 1. The summed E-state index contributed by atoms with van der Waals surface area (Å²) in [5, 5.41) is 9.36. The van der Waals surface area contributed by atoms with Crippen molar-refractivity contribution in [1.82, 2.24) is 15.5 Å². The molecule has 6 nitrogen and oxygen atoms in total. The van der Waals surface area contributed by atoms with Crippen LogP contribution in [0.1, 0.15) is 63.5 Å². The molecule has 2 atom stereocenters. The minimum Gasteiger partial charge on any atom is -0.358 e. The summed E-state index contributed by atoms with van der Waals surface area (Å²) in [5.74, 6) is 0.271. The van der Waals surface area contributed by atoms with Crippen molar-refractivity contribution in [3.63, 3.8) is 0 Å². The van der Waals surface area contributed by atoms with Gasteiger partial charge in [-0.3, -0.25) is 9.59 Å². The molecule has 2 aromatic rings. The normalized spacial score (nSPS) is 19.7. The van der Waals surface area contributed by atoms with Gasteiger partial charge in [-0.25, -0.2) is 4.39 Å². The molecule has 2 aromatic carbocycles. The van der Waals surface area contributed by atoms with E-state index in [1.54, 1.807) is 30.3 Å². The van der Waals surface area contributed by atoms with Crippen LogP contribution in [0.5, 0.6) is 0 Å². The molecule has 9 heteroatoms. The number of nitrogens with one attached hydrogen (secondary N) is 3. The Kier molecular flexibility index (Phi) is 13.7. The Morgan fingerprint density at radius 1 is 1.00 bits per heavy atom. The fourth-order valence-electron chi connectivity index (χ4n) is 4.66. The zero-order valence-electron chi connectivity index (χ0n) is 23.7.